The number of nitrogens with zero attached hydrogens (tertiary/aromatic N) is 1. The largest absolute Gasteiger partial charge is 0.489 e. The smallest absolute Gasteiger partial charge is 0.277 e. The number of carbonyl (C=O) groups excluding carboxylic acids is 1. The number of halogens is 1. The van der Waals surface area contributed by atoms with Crippen LogP contribution in [0.2, 0.25) is 5.02 Å². The summed E-state index contributed by atoms with van der Waals surface area (Å²) in [6, 6.07) is 24.0. The van der Waals surface area contributed by atoms with Gasteiger partial charge >= 0.3 is 0 Å². The Hall–Kier alpha value is -3.31. The van der Waals surface area contributed by atoms with Crippen LogP contribution in [0.3, 0.4) is 0 Å². The summed E-state index contributed by atoms with van der Waals surface area (Å²) in [5.74, 6) is 1.05. The van der Waals surface area contributed by atoms with Crippen molar-refractivity contribution < 1.29 is 14.3 Å². The molecule has 28 heavy (non-hydrogen) atoms. The maximum Gasteiger partial charge on any atom is 0.277 e. The molecule has 1 N–H and O–H groups in total. The number of nitrogens with one attached hydrogen (secondary N) is 1. The Morgan fingerprint density at radius 2 is 1.57 bits per heavy atom. The fourth-order valence-corrected chi connectivity index (χ4v) is 2.40. The van der Waals surface area contributed by atoms with Gasteiger partial charge in [0.15, 0.2) is 6.61 Å². The molecule has 0 radical (unpaired) electrons. The van der Waals surface area contributed by atoms with Crippen LogP contribution < -0.4 is 14.9 Å². The summed E-state index contributed by atoms with van der Waals surface area (Å²) >= 11 is 5.87. The van der Waals surface area contributed by atoms with E-state index in [1.165, 1.54) is 0 Å². The summed E-state index contributed by atoms with van der Waals surface area (Å²) in [4.78, 5) is 11.7. The molecule has 0 fully saturated rings. The summed E-state index contributed by atoms with van der Waals surface area (Å²) in [6.07, 6.45) is 1.56. The molecule has 0 bridgehead atoms. The van der Waals surface area contributed by atoms with Crippen molar-refractivity contribution in [1.82, 2.24) is 5.43 Å². The number of benzene rings is 3. The number of hydrazone groups is 1. The van der Waals surface area contributed by atoms with E-state index < -0.39 is 0 Å². The quantitative estimate of drug-likeness (QED) is 0.453. The molecule has 3 aromatic rings. The van der Waals surface area contributed by atoms with Crippen molar-refractivity contribution in [3.63, 3.8) is 0 Å². The number of ether oxygens (including phenoxy) is 2. The summed E-state index contributed by atoms with van der Waals surface area (Å²) < 4.78 is 11.1. The lowest BCUT2D eigenvalue weighted by atomic mass is 10.2. The van der Waals surface area contributed by atoms with E-state index in [9.17, 15) is 4.79 Å². The van der Waals surface area contributed by atoms with Gasteiger partial charge in [0.25, 0.3) is 5.91 Å². The van der Waals surface area contributed by atoms with Crippen molar-refractivity contribution in [1.29, 1.82) is 0 Å². The standard InChI is InChI=1S/C22H19ClN2O3/c23-19-10-6-18(7-11-19)15-27-21-12-8-17(9-13-21)14-24-25-22(26)16-28-20-4-2-1-3-5-20/h1-14H,15-16H2,(H,25,26). The average Bonchev–Trinajstić information content (AvgIpc) is 2.73. The Labute approximate surface area is 168 Å². The van der Waals surface area contributed by atoms with Crippen molar-refractivity contribution in [2.24, 2.45) is 5.10 Å². The number of carbonyl (C=O) groups is 1. The van der Waals surface area contributed by atoms with Crippen molar-refractivity contribution in [3.8, 4) is 11.5 Å². The molecule has 0 aliphatic rings. The Morgan fingerprint density at radius 3 is 2.29 bits per heavy atom. The van der Waals surface area contributed by atoms with Crippen LogP contribution in [0.1, 0.15) is 11.1 Å². The monoisotopic (exact) mass is 394 g/mol. The van der Waals surface area contributed by atoms with Gasteiger partial charge in [0.05, 0.1) is 6.21 Å². The molecule has 0 saturated carbocycles. The van der Waals surface area contributed by atoms with Gasteiger partial charge in [0.1, 0.15) is 18.1 Å². The highest BCUT2D eigenvalue weighted by Crippen LogP contribution is 2.15. The first kappa shape index (κ1) is 19.5. The third kappa shape index (κ3) is 6.45. The Balaban J connectivity index is 1.41. The molecule has 0 spiro atoms. The minimum Gasteiger partial charge on any atom is -0.489 e. The molecule has 0 aliphatic heterocycles. The summed E-state index contributed by atoms with van der Waals surface area (Å²) in [7, 11) is 0. The molecule has 5 nitrogen and oxygen atoms in total. The third-order valence-electron chi connectivity index (χ3n) is 3.71. The van der Waals surface area contributed by atoms with Gasteiger partial charge in [-0.15, -0.1) is 0 Å². The first-order valence-corrected chi connectivity index (χ1v) is 9.04. The van der Waals surface area contributed by atoms with Gasteiger partial charge in [-0.25, -0.2) is 5.43 Å². The molecule has 0 aliphatic carbocycles. The Bertz CT molecular complexity index is 911. The number of hydrogen-bond acceptors (Lipinski definition) is 4. The van der Waals surface area contributed by atoms with E-state index in [1.54, 1.807) is 18.3 Å². The Morgan fingerprint density at radius 1 is 0.893 bits per heavy atom. The maximum atomic E-state index is 11.7. The van der Waals surface area contributed by atoms with Crippen molar-refractivity contribution >= 4 is 23.7 Å². The van der Waals surface area contributed by atoms with Gasteiger partial charge in [0.2, 0.25) is 0 Å². The van der Waals surface area contributed by atoms with Crippen LogP contribution >= 0.6 is 11.6 Å². The second-order valence-corrected chi connectivity index (χ2v) is 6.32. The zero-order valence-corrected chi connectivity index (χ0v) is 15.8. The fraction of sp³-hybridized carbons (Fsp3) is 0.0909. The third-order valence-corrected chi connectivity index (χ3v) is 3.97. The van der Waals surface area contributed by atoms with Gasteiger partial charge in [-0.1, -0.05) is 41.9 Å². The molecule has 3 rings (SSSR count). The molecule has 0 heterocycles. The zero-order valence-electron chi connectivity index (χ0n) is 15.0. The van der Waals surface area contributed by atoms with Crippen LogP contribution in [0.15, 0.2) is 84.0 Å². The fourth-order valence-electron chi connectivity index (χ4n) is 2.27. The van der Waals surface area contributed by atoms with E-state index in [0.29, 0.717) is 17.4 Å². The van der Waals surface area contributed by atoms with E-state index >= 15 is 0 Å². The lowest BCUT2D eigenvalue weighted by Gasteiger charge is -2.06. The highest BCUT2D eigenvalue weighted by atomic mass is 35.5. The van der Waals surface area contributed by atoms with Crippen LogP contribution in [-0.4, -0.2) is 18.7 Å². The van der Waals surface area contributed by atoms with E-state index in [2.05, 4.69) is 10.5 Å². The highest BCUT2D eigenvalue weighted by molar-refractivity contribution is 6.30. The number of hydrogen-bond donors (Lipinski definition) is 1. The molecule has 0 unspecified atom stereocenters. The number of para-hydroxylation sites is 1. The van der Waals surface area contributed by atoms with Crippen LogP contribution in [0.5, 0.6) is 11.5 Å². The SMILES string of the molecule is O=C(COc1ccccc1)NN=Cc1ccc(OCc2ccc(Cl)cc2)cc1. The van der Waals surface area contributed by atoms with Crippen LogP contribution in [0.4, 0.5) is 0 Å². The van der Waals surface area contributed by atoms with Gasteiger partial charge in [-0.2, -0.15) is 5.10 Å². The van der Waals surface area contributed by atoms with E-state index in [-0.39, 0.29) is 12.5 Å². The van der Waals surface area contributed by atoms with Gasteiger partial charge < -0.3 is 9.47 Å². The van der Waals surface area contributed by atoms with E-state index in [1.807, 2.05) is 66.7 Å². The molecule has 142 valence electrons. The van der Waals surface area contributed by atoms with Gasteiger partial charge in [-0.05, 0) is 59.7 Å². The minimum atomic E-state index is -0.331. The summed E-state index contributed by atoms with van der Waals surface area (Å²) in [5, 5.41) is 4.63. The molecule has 0 saturated heterocycles. The molecule has 0 aromatic heterocycles. The predicted octanol–water partition coefficient (Wildman–Crippen LogP) is 4.45. The molecule has 1 amide bonds. The van der Waals surface area contributed by atoms with Crippen molar-refractivity contribution in [3.05, 3.63) is 95.0 Å². The predicted molar refractivity (Wildman–Crippen MR) is 110 cm³/mol. The van der Waals surface area contributed by atoms with E-state index in [0.717, 1.165) is 16.9 Å². The second-order valence-electron chi connectivity index (χ2n) is 5.88. The summed E-state index contributed by atoms with van der Waals surface area (Å²) in [6.45, 7) is 0.362. The van der Waals surface area contributed by atoms with Crippen molar-refractivity contribution in [2.45, 2.75) is 6.61 Å². The van der Waals surface area contributed by atoms with Crippen LogP contribution in [-0.2, 0) is 11.4 Å². The van der Waals surface area contributed by atoms with Crippen molar-refractivity contribution in [2.75, 3.05) is 6.61 Å². The van der Waals surface area contributed by atoms with Crippen LogP contribution in [0, 0.1) is 0 Å². The lowest BCUT2D eigenvalue weighted by Crippen LogP contribution is -2.24. The van der Waals surface area contributed by atoms with Gasteiger partial charge in [-0.3, -0.25) is 4.79 Å². The minimum absolute atomic E-state index is 0.0984. The van der Waals surface area contributed by atoms with E-state index in [4.69, 9.17) is 21.1 Å². The topological polar surface area (TPSA) is 59.9 Å². The zero-order chi connectivity index (χ0) is 19.6. The first-order valence-electron chi connectivity index (χ1n) is 8.66. The molecule has 6 heteroatoms. The molecular formula is C22H19ClN2O3. The molecular weight excluding hydrogens is 376 g/mol. The van der Waals surface area contributed by atoms with Gasteiger partial charge in [0, 0.05) is 5.02 Å². The molecule has 3 aromatic carbocycles. The second kappa shape index (κ2) is 10.1. The van der Waals surface area contributed by atoms with Crippen LogP contribution in [0.25, 0.3) is 0 Å². The first-order chi connectivity index (χ1) is 13.7. The highest BCUT2D eigenvalue weighted by Gasteiger charge is 2.01. The molecule has 0 atom stereocenters. The maximum absolute atomic E-state index is 11.7. The number of rotatable bonds is 8. The Kier molecular flexibility index (Phi) is 7.04. The lowest BCUT2D eigenvalue weighted by molar-refractivity contribution is -0.123. The normalized spacial score (nSPS) is 10.6. The summed E-state index contributed by atoms with van der Waals surface area (Å²) in [5.41, 5.74) is 4.30. The number of amides is 1. The average molecular weight is 395 g/mol.